The van der Waals surface area contributed by atoms with E-state index in [1.54, 1.807) is 26.1 Å². The van der Waals surface area contributed by atoms with Crippen LogP contribution in [0.25, 0.3) is 16.9 Å². The number of benzene rings is 1. The lowest BCUT2D eigenvalue weighted by Crippen LogP contribution is -2.24. The zero-order chi connectivity index (χ0) is 22.1. The molecule has 0 atom stereocenters. The molecule has 0 radical (unpaired) electrons. The van der Waals surface area contributed by atoms with Gasteiger partial charge in [0.05, 0.1) is 11.9 Å². The lowest BCUT2D eigenvalue weighted by molar-refractivity contribution is 0.0947. The minimum Gasteiger partial charge on any atom is -0.344 e. The number of aromatic nitrogens is 6. The number of aromatic amines is 1. The molecule has 0 saturated heterocycles. The first-order valence-electron chi connectivity index (χ1n) is 9.82. The monoisotopic (exact) mass is 418 g/mol. The lowest BCUT2D eigenvalue weighted by Gasteiger charge is -2.05. The fourth-order valence-electron chi connectivity index (χ4n) is 3.54. The highest BCUT2D eigenvalue weighted by atomic mass is 16.2. The molecule has 1 amide bonds. The van der Waals surface area contributed by atoms with Gasteiger partial charge in [-0.25, -0.2) is 5.43 Å². The Morgan fingerprint density at radius 2 is 2.00 bits per heavy atom. The van der Waals surface area contributed by atoms with Crippen molar-refractivity contribution in [2.45, 2.75) is 34.2 Å². The summed E-state index contributed by atoms with van der Waals surface area (Å²) < 4.78 is 3.44. The van der Waals surface area contributed by atoms with Gasteiger partial charge in [-0.1, -0.05) is 18.2 Å². The second-order valence-electron chi connectivity index (χ2n) is 7.11. The Hall–Kier alpha value is -4.08. The van der Waals surface area contributed by atoms with Crippen molar-refractivity contribution in [2.75, 3.05) is 0 Å². The van der Waals surface area contributed by atoms with Crippen molar-refractivity contribution in [3.63, 3.8) is 0 Å². The summed E-state index contributed by atoms with van der Waals surface area (Å²) in [6, 6.07) is 9.65. The molecule has 0 fully saturated rings. The maximum absolute atomic E-state index is 12.8. The number of nitrogens with zero attached hydrogens (tertiary/aromatic N) is 6. The van der Waals surface area contributed by atoms with Gasteiger partial charge in [0, 0.05) is 28.7 Å². The Morgan fingerprint density at radius 1 is 1.23 bits per heavy atom. The Labute approximate surface area is 177 Å². The Bertz CT molecular complexity index is 1380. The number of rotatable bonds is 5. The Balaban J connectivity index is 1.63. The maximum atomic E-state index is 12.8. The van der Waals surface area contributed by atoms with Crippen molar-refractivity contribution >= 4 is 23.0 Å². The Morgan fingerprint density at radius 3 is 2.74 bits per heavy atom. The molecule has 0 aliphatic carbocycles. The van der Waals surface area contributed by atoms with Gasteiger partial charge in [0.1, 0.15) is 11.4 Å². The number of nitrogens with one attached hydrogen (secondary N) is 2. The van der Waals surface area contributed by atoms with Gasteiger partial charge in [-0.15, -0.1) is 10.2 Å². The fourth-order valence-corrected chi connectivity index (χ4v) is 3.54. The summed E-state index contributed by atoms with van der Waals surface area (Å²) in [6.07, 6.45) is 1.64. The number of H-pyrrole nitrogens is 1. The summed E-state index contributed by atoms with van der Waals surface area (Å²) in [6.45, 7) is 8.23. The molecule has 31 heavy (non-hydrogen) atoms. The summed E-state index contributed by atoms with van der Waals surface area (Å²) in [4.78, 5) is 27.2. The van der Waals surface area contributed by atoms with Crippen LogP contribution in [0, 0.1) is 20.8 Å². The summed E-state index contributed by atoms with van der Waals surface area (Å²) in [5, 5.41) is 17.2. The van der Waals surface area contributed by atoms with Crippen molar-refractivity contribution in [3.05, 3.63) is 69.0 Å². The van der Waals surface area contributed by atoms with Gasteiger partial charge in [-0.2, -0.15) is 14.9 Å². The molecule has 0 aliphatic heterocycles. The third-order valence-electron chi connectivity index (χ3n) is 5.07. The second-order valence-corrected chi connectivity index (χ2v) is 7.11. The molecule has 0 saturated carbocycles. The zero-order valence-corrected chi connectivity index (χ0v) is 17.7. The molecule has 10 heteroatoms. The predicted molar refractivity (Wildman–Crippen MR) is 117 cm³/mol. The number of carbonyl (C=O) groups excluding carboxylic acids is 1. The molecule has 0 unspecified atom stereocenters. The van der Waals surface area contributed by atoms with Gasteiger partial charge in [0.25, 0.3) is 17.4 Å². The SMILES string of the molecule is CCn1c(C)c(/C=N\NC(=O)c2cc(C)nn2-c2nnc(C)c(=O)[nH]2)c2ccccc21. The highest BCUT2D eigenvalue weighted by Crippen LogP contribution is 2.24. The van der Waals surface area contributed by atoms with Gasteiger partial charge < -0.3 is 4.57 Å². The van der Waals surface area contributed by atoms with Crippen LogP contribution in [0.2, 0.25) is 0 Å². The molecule has 4 aromatic rings. The highest BCUT2D eigenvalue weighted by Gasteiger charge is 2.17. The third-order valence-corrected chi connectivity index (χ3v) is 5.07. The Kier molecular flexibility index (Phi) is 5.20. The first-order valence-corrected chi connectivity index (χ1v) is 9.82. The predicted octanol–water partition coefficient (Wildman–Crippen LogP) is 2.01. The summed E-state index contributed by atoms with van der Waals surface area (Å²) >= 11 is 0. The molecule has 10 nitrogen and oxygen atoms in total. The largest absolute Gasteiger partial charge is 0.344 e. The number of hydrazone groups is 1. The van der Waals surface area contributed by atoms with Crippen molar-refractivity contribution in [1.29, 1.82) is 0 Å². The van der Waals surface area contributed by atoms with Gasteiger partial charge in [-0.3, -0.25) is 14.6 Å². The highest BCUT2D eigenvalue weighted by molar-refractivity contribution is 6.02. The van der Waals surface area contributed by atoms with E-state index in [4.69, 9.17) is 0 Å². The average molecular weight is 418 g/mol. The van der Waals surface area contributed by atoms with Crippen LogP contribution in [-0.2, 0) is 6.54 Å². The number of para-hydroxylation sites is 1. The minimum atomic E-state index is -0.489. The summed E-state index contributed by atoms with van der Waals surface area (Å²) in [5.74, 6) is -0.434. The fraction of sp³-hybridized carbons (Fsp3) is 0.238. The van der Waals surface area contributed by atoms with E-state index in [0.29, 0.717) is 5.69 Å². The lowest BCUT2D eigenvalue weighted by atomic mass is 10.1. The van der Waals surface area contributed by atoms with Crippen molar-refractivity contribution in [1.82, 2.24) is 35.0 Å². The summed E-state index contributed by atoms with van der Waals surface area (Å²) in [7, 11) is 0. The van der Waals surface area contributed by atoms with Crippen molar-refractivity contribution in [3.8, 4) is 5.95 Å². The minimum absolute atomic E-state index is 0.0553. The average Bonchev–Trinajstić information content (AvgIpc) is 3.27. The molecule has 3 heterocycles. The van der Waals surface area contributed by atoms with Gasteiger partial charge >= 0.3 is 0 Å². The molecule has 0 spiro atoms. The van der Waals surface area contributed by atoms with E-state index in [2.05, 4.69) is 48.4 Å². The van der Waals surface area contributed by atoms with Gasteiger partial charge in [-0.05, 0) is 39.8 Å². The van der Waals surface area contributed by atoms with Crippen LogP contribution in [0.4, 0.5) is 0 Å². The molecule has 0 aliphatic rings. The van der Waals surface area contributed by atoms with E-state index in [1.807, 2.05) is 25.1 Å². The summed E-state index contributed by atoms with van der Waals surface area (Å²) in [5.41, 5.74) is 6.25. The van der Waals surface area contributed by atoms with E-state index >= 15 is 0 Å². The number of carbonyl (C=O) groups is 1. The van der Waals surface area contributed by atoms with Crippen LogP contribution >= 0.6 is 0 Å². The van der Waals surface area contributed by atoms with Crippen molar-refractivity contribution < 1.29 is 4.79 Å². The number of aryl methyl sites for hydroxylation is 3. The number of hydrogen-bond acceptors (Lipinski definition) is 6. The molecule has 158 valence electrons. The van der Waals surface area contributed by atoms with Crippen LogP contribution in [-0.4, -0.2) is 41.7 Å². The van der Waals surface area contributed by atoms with Crippen molar-refractivity contribution in [2.24, 2.45) is 5.10 Å². The van der Waals surface area contributed by atoms with Crippen LogP contribution in [0.15, 0.2) is 40.2 Å². The van der Waals surface area contributed by atoms with Gasteiger partial charge in [0.15, 0.2) is 0 Å². The first-order chi connectivity index (χ1) is 14.9. The van der Waals surface area contributed by atoms with E-state index in [-0.39, 0.29) is 17.3 Å². The second kappa shape index (κ2) is 7.98. The normalized spacial score (nSPS) is 11.5. The number of hydrogen-bond donors (Lipinski definition) is 2. The third kappa shape index (κ3) is 3.63. The molecule has 1 aromatic carbocycles. The molecule has 2 N–H and O–H groups in total. The molecular formula is C21H22N8O2. The topological polar surface area (TPSA) is 123 Å². The van der Waals surface area contributed by atoms with E-state index in [9.17, 15) is 9.59 Å². The smallest absolute Gasteiger partial charge is 0.290 e. The van der Waals surface area contributed by atoms with Crippen LogP contribution in [0.1, 0.15) is 40.1 Å². The maximum Gasteiger partial charge on any atom is 0.290 e. The standard InChI is InChI=1S/C21H22N8O2/c1-5-28-14(4)16(15-8-6-7-9-17(15)28)11-22-25-20(31)18-10-12(2)27-29(18)21-23-19(30)13(3)24-26-21/h6-11H,5H2,1-4H3,(H,25,31)(H,23,26,30)/b22-11-. The van der Waals surface area contributed by atoms with E-state index in [0.717, 1.165) is 28.7 Å². The van der Waals surface area contributed by atoms with E-state index < -0.39 is 11.5 Å². The van der Waals surface area contributed by atoms with E-state index in [1.165, 1.54) is 4.68 Å². The first kappa shape index (κ1) is 20.2. The molecular weight excluding hydrogens is 396 g/mol. The zero-order valence-electron chi connectivity index (χ0n) is 17.7. The molecule has 0 bridgehead atoms. The van der Waals surface area contributed by atoms with Crippen LogP contribution in [0.5, 0.6) is 0 Å². The van der Waals surface area contributed by atoms with Crippen LogP contribution in [0.3, 0.4) is 0 Å². The van der Waals surface area contributed by atoms with Gasteiger partial charge in [0.2, 0.25) is 0 Å². The quantitative estimate of drug-likeness (QED) is 0.379. The molecule has 4 rings (SSSR count). The number of fused-ring (bicyclic) bond motifs is 1. The van der Waals surface area contributed by atoms with Crippen LogP contribution < -0.4 is 11.0 Å². The number of amides is 1. The molecule has 3 aromatic heterocycles.